The number of non-ortho nitro benzene ring substituents is 1. The fraction of sp³-hybridized carbons (Fsp3) is 0.115. The maximum absolute atomic E-state index is 12.7. The molecule has 0 radical (unpaired) electrons. The third-order valence-corrected chi connectivity index (χ3v) is 5.31. The van der Waals surface area contributed by atoms with E-state index in [1.54, 1.807) is 41.9 Å². The molecule has 0 saturated carbocycles. The van der Waals surface area contributed by atoms with Gasteiger partial charge in [0.15, 0.2) is 0 Å². The van der Waals surface area contributed by atoms with Crippen LogP contribution in [0.1, 0.15) is 32.0 Å². The zero-order chi connectivity index (χ0) is 24.8. The molecule has 4 aromatic rings. The van der Waals surface area contributed by atoms with Crippen molar-refractivity contribution in [2.75, 3.05) is 11.9 Å². The summed E-state index contributed by atoms with van der Waals surface area (Å²) < 4.78 is 1.54. The molecule has 1 heterocycles. The third kappa shape index (κ3) is 5.77. The second kappa shape index (κ2) is 10.4. The number of aryl methyl sites for hydroxylation is 1. The van der Waals surface area contributed by atoms with E-state index >= 15 is 0 Å². The van der Waals surface area contributed by atoms with Gasteiger partial charge in [0, 0.05) is 35.9 Å². The molecule has 9 heteroatoms. The smallest absolute Gasteiger partial charge is 0.270 e. The molecule has 2 amide bonds. The Morgan fingerprint density at radius 2 is 1.66 bits per heavy atom. The van der Waals surface area contributed by atoms with Crippen molar-refractivity contribution in [3.63, 3.8) is 0 Å². The molecule has 0 aliphatic heterocycles. The summed E-state index contributed by atoms with van der Waals surface area (Å²) in [6, 6.07) is 24.0. The highest BCUT2D eigenvalue weighted by Crippen LogP contribution is 2.20. The maximum atomic E-state index is 12.7. The predicted molar refractivity (Wildman–Crippen MR) is 132 cm³/mol. The van der Waals surface area contributed by atoms with E-state index in [0.29, 0.717) is 29.3 Å². The van der Waals surface area contributed by atoms with Crippen LogP contribution in [0.5, 0.6) is 0 Å². The van der Waals surface area contributed by atoms with Gasteiger partial charge in [-0.15, -0.1) is 0 Å². The second-order valence-corrected chi connectivity index (χ2v) is 7.88. The topological polar surface area (TPSA) is 119 Å². The maximum Gasteiger partial charge on any atom is 0.270 e. The molecule has 4 rings (SSSR count). The molecular formula is C26H23N5O4. The van der Waals surface area contributed by atoms with Gasteiger partial charge in [-0.1, -0.05) is 36.4 Å². The number of aromatic nitrogens is 2. The van der Waals surface area contributed by atoms with E-state index < -0.39 is 10.8 Å². The highest BCUT2D eigenvalue weighted by molar-refractivity contribution is 6.04. The first-order chi connectivity index (χ1) is 16.9. The molecule has 0 aliphatic rings. The van der Waals surface area contributed by atoms with Crippen molar-refractivity contribution in [2.45, 2.75) is 13.3 Å². The van der Waals surface area contributed by atoms with Gasteiger partial charge in [0.25, 0.3) is 17.5 Å². The number of rotatable bonds is 8. The van der Waals surface area contributed by atoms with Crippen molar-refractivity contribution in [2.24, 2.45) is 0 Å². The van der Waals surface area contributed by atoms with E-state index in [-0.39, 0.29) is 17.2 Å². The lowest BCUT2D eigenvalue weighted by Crippen LogP contribution is -2.25. The lowest BCUT2D eigenvalue weighted by molar-refractivity contribution is -0.384. The lowest BCUT2D eigenvalue weighted by atomic mass is 10.1. The fourth-order valence-electron chi connectivity index (χ4n) is 3.56. The number of anilines is 1. The summed E-state index contributed by atoms with van der Waals surface area (Å²) in [5.74, 6) is -0.272. The molecule has 176 valence electrons. The number of nitrogens with one attached hydrogen (secondary N) is 2. The summed E-state index contributed by atoms with van der Waals surface area (Å²) in [6.45, 7) is 2.31. The number of carbonyl (C=O) groups excluding carboxylic acids is 2. The molecule has 3 aromatic carbocycles. The van der Waals surface area contributed by atoms with Crippen LogP contribution in [0.15, 0.2) is 84.9 Å². The molecule has 0 fully saturated rings. The summed E-state index contributed by atoms with van der Waals surface area (Å²) >= 11 is 0. The summed E-state index contributed by atoms with van der Waals surface area (Å²) in [4.78, 5) is 35.6. The van der Waals surface area contributed by atoms with Crippen LogP contribution in [0.25, 0.3) is 5.69 Å². The molecule has 0 atom stereocenters. The van der Waals surface area contributed by atoms with E-state index in [1.165, 1.54) is 24.3 Å². The molecule has 2 N–H and O–H groups in total. The standard InChI is InChI=1S/C26H23N5O4/c1-18-16-24(28-26(33)21-8-5-9-23(17-21)31(34)35)30(29-18)22-12-10-20(11-13-22)25(32)27-15-14-19-6-3-2-4-7-19/h2-13,16-17H,14-15H2,1H3,(H,27,32)(H,28,33). The third-order valence-electron chi connectivity index (χ3n) is 5.31. The molecule has 0 spiro atoms. The van der Waals surface area contributed by atoms with Gasteiger partial charge in [-0.3, -0.25) is 19.7 Å². The Hall–Kier alpha value is -4.79. The average molecular weight is 470 g/mol. The lowest BCUT2D eigenvalue weighted by Gasteiger charge is -2.10. The summed E-state index contributed by atoms with van der Waals surface area (Å²) in [5, 5.41) is 21.1. The Balaban J connectivity index is 1.44. The van der Waals surface area contributed by atoms with Gasteiger partial charge in [-0.05, 0) is 49.2 Å². The molecule has 0 unspecified atom stereocenters. The van der Waals surface area contributed by atoms with Crippen LogP contribution in [-0.4, -0.2) is 33.1 Å². The number of nitro benzene ring substituents is 1. The molecule has 0 aliphatic carbocycles. The van der Waals surface area contributed by atoms with Crippen LogP contribution in [0, 0.1) is 17.0 Å². The van der Waals surface area contributed by atoms with Gasteiger partial charge in [-0.2, -0.15) is 5.10 Å². The number of nitro groups is 1. The van der Waals surface area contributed by atoms with E-state index in [4.69, 9.17) is 0 Å². The van der Waals surface area contributed by atoms with Crippen LogP contribution < -0.4 is 10.6 Å². The average Bonchev–Trinajstić information content (AvgIpc) is 3.24. The van der Waals surface area contributed by atoms with Crippen molar-refractivity contribution >= 4 is 23.3 Å². The second-order valence-electron chi connectivity index (χ2n) is 7.88. The Bertz CT molecular complexity index is 1360. The normalized spacial score (nSPS) is 10.5. The van der Waals surface area contributed by atoms with Crippen molar-refractivity contribution < 1.29 is 14.5 Å². The van der Waals surface area contributed by atoms with Crippen molar-refractivity contribution in [3.8, 4) is 5.69 Å². The Morgan fingerprint density at radius 3 is 2.37 bits per heavy atom. The van der Waals surface area contributed by atoms with Gasteiger partial charge >= 0.3 is 0 Å². The van der Waals surface area contributed by atoms with Crippen molar-refractivity contribution in [3.05, 3.63) is 117 Å². The van der Waals surface area contributed by atoms with Gasteiger partial charge in [-0.25, -0.2) is 4.68 Å². The van der Waals surface area contributed by atoms with E-state index in [1.807, 2.05) is 30.3 Å². The molecule has 0 saturated heterocycles. The SMILES string of the molecule is Cc1cc(NC(=O)c2cccc([N+](=O)[O-])c2)n(-c2ccc(C(=O)NCCc3ccccc3)cc2)n1. The fourth-order valence-corrected chi connectivity index (χ4v) is 3.56. The first kappa shape index (κ1) is 23.4. The monoisotopic (exact) mass is 469 g/mol. The summed E-state index contributed by atoms with van der Waals surface area (Å²) in [6.07, 6.45) is 0.741. The first-order valence-corrected chi connectivity index (χ1v) is 11.0. The Kier molecular flexibility index (Phi) is 6.96. The summed E-state index contributed by atoms with van der Waals surface area (Å²) in [7, 11) is 0. The number of hydrogen-bond donors (Lipinski definition) is 2. The highest BCUT2D eigenvalue weighted by atomic mass is 16.6. The minimum atomic E-state index is -0.551. The minimum absolute atomic E-state index is 0.159. The van der Waals surface area contributed by atoms with Gasteiger partial charge in [0.1, 0.15) is 5.82 Å². The number of carbonyl (C=O) groups is 2. The first-order valence-electron chi connectivity index (χ1n) is 11.0. The number of amides is 2. The van der Waals surface area contributed by atoms with Crippen LogP contribution in [-0.2, 0) is 6.42 Å². The van der Waals surface area contributed by atoms with Crippen molar-refractivity contribution in [1.29, 1.82) is 0 Å². The van der Waals surface area contributed by atoms with Gasteiger partial charge in [0.2, 0.25) is 0 Å². The minimum Gasteiger partial charge on any atom is -0.352 e. The zero-order valence-corrected chi connectivity index (χ0v) is 19.0. The molecular weight excluding hydrogens is 446 g/mol. The van der Waals surface area contributed by atoms with E-state index in [0.717, 1.165) is 12.0 Å². The number of hydrogen-bond acceptors (Lipinski definition) is 5. The largest absolute Gasteiger partial charge is 0.352 e. The predicted octanol–water partition coefficient (Wildman–Crippen LogP) is 4.31. The van der Waals surface area contributed by atoms with E-state index in [9.17, 15) is 19.7 Å². The van der Waals surface area contributed by atoms with Crippen molar-refractivity contribution in [1.82, 2.24) is 15.1 Å². The number of benzene rings is 3. The Labute approximate surface area is 201 Å². The highest BCUT2D eigenvalue weighted by Gasteiger charge is 2.15. The van der Waals surface area contributed by atoms with Gasteiger partial charge in [0.05, 0.1) is 16.3 Å². The molecule has 1 aromatic heterocycles. The van der Waals surface area contributed by atoms with E-state index in [2.05, 4.69) is 15.7 Å². The summed E-state index contributed by atoms with van der Waals surface area (Å²) in [5.41, 5.74) is 2.97. The zero-order valence-electron chi connectivity index (χ0n) is 19.0. The van der Waals surface area contributed by atoms with Crippen LogP contribution in [0.2, 0.25) is 0 Å². The van der Waals surface area contributed by atoms with Gasteiger partial charge < -0.3 is 10.6 Å². The number of nitrogens with zero attached hydrogens (tertiary/aromatic N) is 3. The molecule has 0 bridgehead atoms. The molecule has 9 nitrogen and oxygen atoms in total. The Morgan fingerprint density at radius 1 is 0.914 bits per heavy atom. The quantitative estimate of drug-likeness (QED) is 0.294. The van der Waals surface area contributed by atoms with Crippen LogP contribution >= 0.6 is 0 Å². The van der Waals surface area contributed by atoms with Crippen LogP contribution in [0.3, 0.4) is 0 Å². The van der Waals surface area contributed by atoms with Crippen LogP contribution in [0.4, 0.5) is 11.5 Å². The molecule has 35 heavy (non-hydrogen) atoms.